The summed E-state index contributed by atoms with van der Waals surface area (Å²) in [6.45, 7) is 8.11. The maximum absolute atomic E-state index is 12.0. The molecule has 1 aromatic rings. The van der Waals surface area contributed by atoms with Crippen LogP contribution in [-0.4, -0.2) is 24.6 Å². The Hall–Kier alpha value is -1.84. The number of ether oxygens (including phenoxy) is 2. The highest BCUT2D eigenvalue weighted by Crippen LogP contribution is 2.14. The summed E-state index contributed by atoms with van der Waals surface area (Å²) in [5.41, 5.74) is 0.872. The van der Waals surface area contributed by atoms with Gasteiger partial charge in [-0.15, -0.1) is 0 Å². The zero-order chi connectivity index (χ0) is 15.1. The van der Waals surface area contributed by atoms with Crippen LogP contribution in [0.3, 0.4) is 0 Å². The first-order valence-corrected chi connectivity index (χ1v) is 6.97. The minimum atomic E-state index is -0.388. The van der Waals surface area contributed by atoms with Crippen LogP contribution in [0.25, 0.3) is 0 Å². The van der Waals surface area contributed by atoms with E-state index < -0.39 is 0 Å². The lowest BCUT2D eigenvalue weighted by molar-refractivity contribution is 0.0173. The highest BCUT2D eigenvalue weighted by atomic mass is 16.5. The molecule has 110 valence electrons. The Kier molecular flexibility index (Phi) is 6.22. The average Bonchev–Trinajstić information content (AvgIpc) is 2.44. The van der Waals surface area contributed by atoms with Crippen LogP contribution in [0.2, 0.25) is 0 Å². The SMILES string of the molecule is CCOC(=O)c1ccc(C(=O)OC(CC)C(C)C)cc1. The Balaban J connectivity index is 2.73. The highest BCUT2D eigenvalue weighted by Gasteiger charge is 2.18. The van der Waals surface area contributed by atoms with E-state index in [-0.39, 0.29) is 24.0 Å². The fraction of sp³-hybridized carbons (Fsp3) is 0.500. The molecule has 0 aliphatic heterocycles. The highest BCUT2D eigenvalue weighted by molar-refractivity contribution is 5.93. The van der Waals surface area contributed by atoms with Crippen molar-refractivity contribution in [3.05, 3.63) is 35.4 Å². The Bertz CT molecular complexity index is 448. The van der Waals surface area contributed by atoms with E-state index in [4.69, 9.17) is 9.47 Å². The first-order valence-electron chi connectivity index (χ1n) is 6.97. The summed E-state index contributed by atoms with van der Waals surface area (Å²) in [5, 5.41) is 0. The van der Waals surface area contributed by atoms with Crippen LogP contribution in [-0.2, 0) is 9.47 Å². The van der Waals surface area contributed by atoms with Crippen molar-refractivity contribution in [1.29, 1.82) is 0 Å². The van der Waals surface area contributed by atoms with E-state index in [1.54, 1.807) is 31.2 Å². The molecule has 0 amide bonds. The summed E-state index contributed by atoms with van der Waals surface area (Å²) in [4.78, 5) is 23.5. The van der Waals surface area contributed by atoms with Crippen molar-refractivity contribution >= 4 is 11.9 Å². The molecule has 0 aliphatic carbocycles. The van der Waals surface area contributed by atoms with Gasteiger partial charge >= 0.3 is 11.9 Å². The van der Waals surface area contributed by atoms with Crippen molar-refractivity contribution in [3.8, 4) is 0 Å². The number of benzene rings is 1. The molecule has 0 saturated heterocycles. The fourth-order valence-electron chi connectivity index (χ4n) is 1.85. The molecule has 0 aliphatic rings. The van der Waals surface area contributed by atoms with Crippen LogP contribution in [0, 0.1) is 5.92 Å². The van der Waals surface area contributed by atoms with Gasteiger partial charge in [0.15, 0.2) is 0 Å². The quantitative estimate of drug-likeness (QED) is 0.748. The molecule has 0 heterocycles. The molecular formula is C16H22O4. The smallest absolute Gasteiger partial charge is 0.338 e. The normalized spacial score (nSPS) is 12.1. The third kappa shape index (κ3) is 4.37. The minimum Gasteiger partial charge on any atom is -0.462 e. The molecule has 0 aromatic heterocycles. The van der Waals surface area contributed by atoms with E-state index in [0.29, 0.717) is 17.7 Å². The van der Waals surface area contributed by atoms with E-state index in [2.05, 4.69) is 0 Å². The number of esters is 2. The van der Waals surface area contributed by atoms with Gasteiger partial charge in [-0.2, -0.15) is 0 Å². The molecule has 0 spiro atoms. The summed E-state index contributed by atoms with van der Waals surface area (Å²) in [7, 11) is 0. The predicted octanol–water partition coefficient (Wildman–Crippen LogP) is 3.45. The summed E-state index contributed by atoms with van der Waals surface area (Å²) in [6.07, 6.45) is 0.692. The average molecular weight is 278 g/mol. The van der Waals surface area contributed by atoms with Gasteiger partial charge in [0.25, 0.3) is 0 Å². The number of carbonyl (C=O) groups excluding carboxylic acids is 2. The zero-order valence-corrected chi connectivity index (χ0v) is 12.5. The van der Waals surface area contributed by atoms with Crippen molar-refractivity contribution < 1.29 is 19.1 Å². The molecule has 4 nitrogen and oxygen atoms in total. The fourth-order valence-corrected chi connectivity index (χ4v) is 1.85. The zero-order valence-electron chi connectivity index (χ0n) is 12.5. The molecule has 20 heavy (non-hydrogen) atoms. The van der Waals surface area contributed by atoms with Crippen molar-refractivity contribution in [2.24, 2.45) is 5.92 Å². The monoisotopic (exact) mass is 278 g/mol. The van der Waals surface area contributed by atoms with Gasteiger partial charge in [0.05, 0.1) is 17.7 Å². The maximum Gasteiger partial charge on any atom is 0.338 e. The lowest BCUT2D eigenvalue weighted by atomic mass is 10.1. The van der Waals surface area contributed by atoms with Crippen LogP contribution in [0.15, 0.2) is 24.3 Å². The summed E-state index contributed by atoms with van der Waals surface area (Å²) >= 11 is 0. The van der Waals surface area contributed by atoms with Gasteiger partial charge in [-0.25, -0.2) is 9.59 Å². The van der Waals surface area contributed by atoms with Gasteiger partial charge in [-0.1, -0.05) is 20.8 Å². The number of hydrogen-bond donors (Lipinski definition) is 0. The van der Waals surface area contributed by atoms with Crippen LogP contribution in [0.1, 0.15) is 54.8 Å². The van der Waals surface area contributed by atoms with Gasteiger partial charge in [-0.3, -0.25) is 0 Å². The lowest BCUT2D eigenvalue weighted by Crippen LogP contribution is -2.22. The third-order valence-corrected chi connectivity index (χ3v) is 3.04. The lowest BCUT2D eigenvalue weighted by Gasteiger charge is -2.19. The molecule has 4 heteroatoms. The summed E-state index contributed by atoms with van der Waals surface area (Å²) in [6, 6.07) is 6.32. The van der Waals surface area contributed by atoms with Gasteiger partial charge in [-0.05, 0) is 43.5 Å². The summed E-state index contributed by atoms with van der Waals surface area (Å²) < 4.78 is 10.3. The Labute approximate surface area is 120 Å². The number of carbonyl (C=O) groups is 2. The molecule has 1 aromatic carbocycles. The van der Waals surface area contributed by atoms with Crippen LogP contribution >= 0.6 is 0 Å². The van der Waals surface area contributed by atoms with E-state index in [9.17, 15) is 9.59 Å². The third-order valence-electron chi connectivity index (χ3n) is 3.04. The van der Waals surface area contributed by atoms with Crippen LogP contribution in [0.4, 0.5) is 0 Å². The second-order valence-electron chi connectivity index (χ2n) is 4.89. The Morgan fingerprint density at radius 2 is 1.50 bits per heavy atom. The molecule has 0 fully saturated rings. The first-order chi connectivity index (χ1) is 9.49. The molecule has 0 radical (unpaired) electrons. The molecule has 0 bridgehead atoms. The Morgan fingerprint density at radius 3 is 1.90 bits per heavy atom. The summed E-state index contributed by atoms with van der Waals surface area (Å²) in [5.74, 6) is -0.468. The minimum absolute atomic E-state index is 0.0905. The van der Waals surface area contributed by atoms with Crippen molar-refractivity contribution in [3.63, 3.8) is 0 Å². The van der Waals surface area contributed by atoms with Gasteiger partial charge in [0, 0.05) is 0 Å². The van der Waals surface area contributed by atoms with Gasteiger partial charge in [0.1, 0.15) is 6.10 Å². The second kappa shape index (κ2) is 7.68. The standard InChI is InChI=1S/C16H22O4/c1-5-14(11(3)4)20-16(18)13-9-7-12(8-10-13)15(17)19-6-2/h7-11,14H,5-6H2,1-4H3. The van der Waals surface area contributed by atoms with E-state index in [0.717, 1.165) is 6.42 Å². The largest absolute Gasteiger partial charge is 0.462 e. The maximum atomic E-state index is 12.0. The molecule has 1 rings (SSSR count). The number of hydrogen-bond acceptors (Lipinski definition) is 4. The van der Waals surface area contributed by atoms with E-state index >= 15 is 0 Å². The second-order valence-corrected chi connectivity index (χ2v) is 4.89. The van der Waals surface area contributed by atoms with Crippen LogP contribution < -0.4 is 0 Å². The van der Waals surface area contributed by atoms with Crippen molar-refractivity contribution in [2.45, 2.75) is 40.2 Å². The van der Waals surface area contributed by atoms with Crippen LogP contribution in [0.5, 0.6) is 0 Å². The topological polar surface area (TPSA) is 52.6 Å². The Morgan fingerprint density at radius 1 is 1.00 bits per heavy atom. The van der Waals surface area contributed by atoms with Gasteiger partial charge < -0.3 is 9.47 Å². The molecule has 1 atom stereocenters. The van der Waals surface area contributed by atoms with Gasteiger partial charge in [0.2, 0.25) is 0 Å². The van der Waals surface area contributed by atoms with Crippen molar-refractivity contribution in [2.75, 3.05) is 6.61 Å². The van der Waals surface area contributed by atoms with Crippen molar-refractivity contribution in [1.82, 2.24) is 0 Å². The number of rotatable bonds is 6. The van der Waals surface area contributed by atoms with E-state index in [1.165, 1.54) is 0 Å². The molecule has 0 saturated carbocycles. The predicted molar refractivity (Wildman–Crippen MR) is 76.7 cm³/mol. The first kappa shape index (κ1) is 16.2. The van der Waals surface area contributed by atoms with E-state index in [1.807, 2.05) is 20.8 Å². The molecular weight excluding hydrogens is 256 g/mol. The molecule has 0 N–H and O–H groups in total. The molecule has 1 unspecified atom stereocenters.